The lowest BCUT2D eigenvalue weighted by Gasteiger charge is -2.58. The zero-order valence-electron chi connectivity index (χ0n) is 23.1. The topological polar surface area (TPSA) is 135 Å². The number of phenols is 1. The van der Waals surface area contributed by atoms with E-state index in [1.165, 1.54) is 0 Å². The monoisotopic (exact) mass is 540 g/mol. The van der Waals surface area contributed by atoms with E-state index in [2.05, 4.69) is 35.8 Å². The van der Waals surface area contributed by atoms with E-state index in [0.29, 0.717) is 40.5 Å². The number of primary amides is 1. The second kappa shape index (κ2) is 8.48. The van der Waals surface area contributed by atoms with Gasteiger partial charge in [-0.25, -0.2) is 10.2 Å². The van der Waals surface area contributed by atoms with Gasteiger partial charge in [-0.2, -0.15) is 5.10 Å². The van der Waals surface area contributed by atoms with Crippen molar-refractivity contribution in [3.63, 3.8) is 0 Å². The summed E-state index contributed by atoms with van der Waals surface area (Å²) in [6, 6.07) is 9.77. The van der Waals surface area contributed by atoms with Crippen molar-refractivity contribution >= 4 is 17.6 Å². The molecule has 0 bridgehead atoms. The Morgan fingerprint density at radius 2 is 1.95 bits per heavy atom. The Hall–Kier alpha value is -4.53. The molecule has 0 radical (unpaired) electrons. The Bertz CT molecular complexity index is 1600. The predicted octanol–water partition coefficient (Wildman–Crippen LogP) is 4.79. The van der Waals surface area contributed by atoms with Crippen molar-refractivity contribution in [2.75, 3.05) is 0 Å². The summed E-state index contributed by atoms with van der Waals surface area (Å²) < 4.78 is 13.6. The fraction of sp³-hybridized carbons (Fsp3) is 0.323. The molecule has 0 fully saturated rings. The molecule has 6 rings (SSSR count). The first kappa shape index (κ1) is 25.7. The van der Waals surface area contributed by atoms with Crippen LogP contribution in [0.25, 0.3) is 0 Å². The molecule has 9 nitrogen and oxygen atoms in total. The molecular formula is C31H32N4O5. The minimum absolute atomic E-state index is 0.0331. The number of hydrazone groups is 1. The lowest BCUT2D eigenvalue weighted by Crippen LogP contribution is -2.62. The smallest absolute Gasteiger partial charge is 0.332 e. The molecule has 5 N–H and O–H groups in total. The van der Waals surface area contributed by atoms with Gasteiger partial charge in [-0.15, -0.1) is 0 Å². The maximum atomic E-state index is 12.7. The lowest BCUT2D eigenvalue weighted by molar-refractivity contribution is 0.00629. The number of rotatable bonds is 3. The third kappa shape index (κ3) is 3.43. The number of nitrogens with two attached hydrogens (primary N) is 1. The lowest BCUT2D eigenvalue weighted by atomic mass is 9.52. The first-order valence-electron chi connectivity index (χ1n) is 13.3. The van der Waals surface area contributed by atoms with Crippen molar-refractivity contribution in [3.8, 4) is 17.2 Å². The Balaban J connectivity index is 1.64. The van der Waals surface area contributed by atoms with Gasteiger partial charge in [0.2, 0.25) is 0 Å². The summed E-state index contributed by atoms with van der Waals surface area (Å²) in [5.41, 5.74) is 9.51. The van der Waals surface area contributed by atoms with Gasteiger partial charge in [-0.3, -0.25) is 4.79 Å². The van der Waals surface area contributed by atoms with E-state index >= 15 is 0 Å². The highest BCUT2D eigenvalue weighted by Gasteiger charge is 2.64. The van der Waals surface area contributed by atoms with E-state index in [0.717, 1.165) is 16.7 Å². The standard InChI is InChI=1S/C31H32N4O5/c1-16-11-12-23-29(3,4)26(34-35-28(32)38)22(39-18-9-7-6-8-10-18)15-31(23)30(16,5)14-20-21(36)13-19-24(25(20)40-31)17(2)33-27(19)37/h6-13,15,17,36H,14H2,1-5H3,(H,33,37)(H3,32,35,38). The Morgan fingerprint density at radius 3 is 2.65 bits per heavy atom. The van der Waals surface area contributed by atoms with Crippen LogP contribution in [-0.4, -0.2) is 28.4 Å². The molecule has 2 aromatic rings. The van der Waals surface area contributed by atoms with Crippen LogP contribution in [0.15, 0.2) is 76.6 Å². The number of hydrogen-bond donors (Lipinski definition) is 4. The fourth-order valence-electron chi connectivity index (χ4n) is 6.64. The summed E-state index contributed by atoms with van der Waals surface area (Å²) in [6.07, 6.45) is 6.48. The number of nitrogens with zero attached hydrogens (tertiary/aromatic N) is 1. The van der Waals surface area contributed by atoms with Gasteiger partial charge in [0.05, 0.1) is 11.6 Å². The molecular weight excluding hydrogens is 508 g/mol. The van der Waals surface area contributed by atoms with Crippen LogP contribution in [0.1, 0.15) is 62.1 Å². The number of amides is 3. The van der Waals surface area contributed by atoms with E-state index in [-0.39, 0.29) is 17.7 Å². The maximum absolute atomic E-state index is 12.7. The zero-order chi connectivity index (χ0) is 28.6. The highest BCUT2D eigenvalue weighted by molar-refractivity contribution is 6.07. The second-order valence-corrected chi connectivity index (χ2v) is 11.6. The summed E-state index contributed by atoms with van der Waals surface area (Å²) in [7, 11) is 0. The normalized spacial score (nSPS) is 28.4. The number of fused-ring (bicyclic) bond motifs is 3. The van der Waals surface area contributed by atoms with Gasteiger partial charge < -0.3 is 25.6 Å². The second-order valence-electron chi connectivity index (χ2n) is 11.6. The van der Waals surface area contributed by atoms with Gasteiger partial charge >= 0.3 is 6.03 Å². The van der Waals surface area contributed by atoms with E-state index in [4.69, 9.17) is 15.2 Å². The number of carbonyl (C=O) groups is 2. The molecule has 3 amide bonds. The number of nitrogens with one attached hydrogen (secondary N) is 2. The van der Waals surface area contributed by atoms with Crippen molar-refractivity contribution in [3.05, 3.63) is 88.2 Å². The summed E-state index contributed by atoms with van der Waals surface area (Å²) in [6.45, 7) is 10.1. The van der Waals surface area contributed by atoms with Gasteiger partial charge in [0.15, 0.2) is 11.4 Å². The quantitative estimate of drug-likeness (QED) is 0.415. The molecule has 4 aliphatic rings. The molecule has 0 saturated carbocycles. The predicted molar refractivity (Wildman–Crippen MR) is 150 cm³/mol. The number of phenolic OH excluding ortho intramolecular Hbond substituents is 1. The highest BCUT2D eigenvalue weighted by Crippen LogP contribution is 2.63. The summed E-state index contributed by atoms with van der Waals surface area (Å²) in [5, 5.41) is 18.5. The maximum Gasteiger partial charge on any atom is 0.332 e. The Morgan fingerprint density at radius 1 is 1.23 bits per heavy atom. The van der Waals surface area contributed by atoms with Crippen LogP contribution >= 0.6 is 0 Å². The summed E-state index contributed by atoms with van der Waals surface area (Å²) >= 11 is 0. The summed E-state index contributed by atoms with van der Waals surface area (Å²) in [4.78, 5) is 24.4. The van der Waals surface area contributed by atoms with Crippen molar-refractivity contribution in [1.82, 2.24) is 10.7 Å². The molecule has 40 heavy (non-hydrogen) atoms. The number of benzene rings is 2. The van der Waals surface area contributed by atoms with Gasteiger partial charge in [0.1, 0.15) is 23.0 Å². The number of urea groups is 1. The minimum atomic E-state index is -1.06. The molecule has 206 valence electrons. The number of carbonyl (C=O) groups excluding carboxylic acids is 2. The molecule has 2 aromatic carbocycles. The third-order valence-electron chi connectivity index (χ3n) is 8.89. The molecule has 2 aliphatic heterocycles. The number of para-hydroxylation sites is 1. The van der Waals surface area contributed by atoms with Crippen molar-refractivity contribution in [2.24, 2.45) is 21.7 Å². The van der Waals surface area contributed by atoms with Crippen LogP contribution in [0.2, 0.25) is 0 Å². The molecule has 0 saturated heterocycles. The van der Waals surface area contributed by atoms with Crippen LogP contribution < -0.4 is 25.9 Å². The minimum Gasteiger partial charge on any atom is -0.508 e. The number of ether oxygens (including phenoxy) is 2. The fourth-order valence-corrected chi connectivity index (χ4v) is 6.64. The van der Waals surface area contributed by atoms with Gasteiger partial charge in [-0.1, -0.05) is 56.7 Å². The molecule has 3 unspecified atom stereocenters. The SMILES string of the molecule is CC1=CC=C2C(C)(C)C(=NNC(N)=O)C(Oc3ccccc3)=CC23Oc2c(c(O)cc4c2C(C)NC4=O)CC13C. The molecule has 3 atom stereocenters. The van der Waals surface area contributed by atoms with E-state index in [1.807, 2.05) is 63.3 Å². The van der Waals surface area contributed by atoms with Crippen LogP contribution in [0, 0.1) is 10.8 Å². The van der Waals surface area contributed by atoms with Gasteiger partial charge in [-0.05, 0) is 44.0 Å². The number of allylic oxidation sites excluding steroid dienone is 3. The molecule has 1 spiro atoms. The van der Waals surface area contributed by atoms with E-state index < -0.39 is 22.5 Å². The third-order valence-corrected chi connectivity index (χ3v) is 8.89. The van der Waals surface area contributed by atoms with Crippen LogP contribution in [0.4, 0.5) is 4.79 Å². The Kier molecular flexibility index (Phi) is 5.46. The largest absolute Gasteiger partial charge is 0.508 e. The first-order valence-corrected chi connectivity index (χ1v) is 13.3. The summed E-state index contributed by atoms with van der Waals surface area (Å²) in [5.74, 6) is 1.28. The van der Waals surface area contributed by atoms with Gasteiger partial charge in [0.25, 0.3) is 5.91 Å². The molecule has 2 aliphatic carbocycles. The van der Waals surface area contributed by atoms with Crippen LogP contribution in [0.3, 0.4) is 0 Å². The van der Waals surface area contributed by atoms with E-state index in [1.54, 1.807) is 6.07 Å². The average Bonchev–Trinajstić information content (AvgIpc) is 3.16. The van der Waals surface area contributed by atoms with Crippen molar-refractivity contribution in [2.45, 2.75) is 52.7 Å². The number of aromatic hydroxyl groups is 1. The van der Waals surface area contributed by atoms with Crippen molar-refractivity contribution in [1.29, 1.82) is 0 Å². The van der Waals surface area contributed by atoms with E-state index in [9.17, 15) is 14.7 Å². The van der Waals surface area contributed by atoms with Gasteiger partial charge in [0, 0.05) is 28.0 Å². The van der Waals surface area contributed by atoms with Crippen molar-refractivity contribution < 1.29 is 24.2 Å². The number of hydrogen-bond acceptors (Lipinski definition) is 6. The average molecular weight is 541 g/mol. The van der Waals surface area contributed by atoms with Crippen LogP contribution in [-0.2, 0) is 6.42 Å². The molecule has 2 heterocycles. The Labute approximate surface area is 232 Å². The zero-order valence-corrected chi connectivity index (χ0v) is 23.1. The molecule has 9 heteroatoms. The highest BCUT2D eigenvalue weighted by atomic mass is 16.5. The molecule has 0 aromatic heterocycles. The van der Waals surface area contributed by atoms with Crippen LogP contribution in [0.5, 0.6) is 17.2 Å². The first-order chi connectivity index (χ1) is 18.9.